The summed E-state index contributed by atoms with van der Waals surface area (Å²) < 4.78 is 7.07. The third-order valence-electron chi connectivity index (χ3n) is 7.54. The molecule has 3 heterocycles. The van der Waals surface area contributed by atoms with Gasteiger partial charge in [-0.05, 0) is 54.6 Å². The highest BCUT2D eigenvalue weighted by Gasteiger charge is 2.16. The van der Waals surface area contributed by atoms with Gasteiger partial charge in [-0.25, -0.2) is 0 Å². The van der Waals surface area contributed by atoms with Gasteiger partial charge in [-0.1, -0.05) is 36.4 Å². The van der Waals surface area contributed by atoms with Crippen molar-refractivity contribution in [2.24, 2.45) is 0 Å². The van der Waals surface area contributed by atoms with Gasteiger partial charge in [0.25, 0.3) is 0 Å². The van der Waals surface area contributed by atoms with Crippen LogP contribution in [0.25, 0.3) is 32.7 Å². The van der Waals surface area contributed by atoms with Crippen molar-refractivity contribution in [3.8, 4) is 0 Å². The highest BCUT2D eigenvalue weighted by molar-refractivity contribution is 5.76. The van der Waals surface area contributed by atoms with E-state index >= 15 is 0 Å². The van der Waals surface area contributed by atoms with Crippen LogP contribution >= 0.6 is 0 Å². The smallest absolute Gasteiger partial charge is 0.212 e. The molecule has 0 aliphatic heterocycles. The van der Waals surface area contributed by atoms with Gasteiger partial charge in [-0.2, -0.15) is 13.7 Å². The first-order valence-electron chi connectivity index (χ1n) is 13.5. The molecule has 0 radical (unpaired) electrons. The van der Waals surface area contributed by atoms with Crippen molar-refractivity contribution in [1.82, 2.24) is 0 Å². The van der Waals surface area contributed by atoms with Gasteiger partial charge >= 0.3 is 0 Å². The molecule has 0 aliphatic carbocycles. The van der Waals surface area contributed by atoms with E-state index in [-0.39, 0.29) is 61.9 Å². The lowest BCUT2D eigenvalue weighted by Crippen LogP contribution is -3.00. The fraction of sp³-hybridized carbons (Fsp3) is 0.0833. The molecular weight excluding hydrogens is 746 g/mol. The molecule has 0 saturated heterocycles. The Hall–Kier alpha value is -3.53. The second-order valence-electron chi connectivity index (χ2n) is 10.2. The Balaban J connectivity index is 0.00000135. The third kappa shape index (κ3) is 7.75. The lowest BCUT2D eigenvalue weighted by Gasteiger charge is -2.09. The Bertz CT molecular complexity index is 1730. The summed E-state index contributed by atoms with van der Waals surface area (Å²) in [7, 11) is 0. The van der Waals surface area contributed by atoms with Crippen LogP contribution in [0.1, 0.15) is 16.7 Å². The lowest BCUT2D eigenvalue weighted by molar-refractivity contribution is -0.664. The molecule has 0 atom stereocenters. The number of fused-ring (bicyclic) bond motifs is 3. The Morgan fingerprint density at radius 2 is 0.591 bits per heavy atom. The molecule has 4 N–H and O–H groups in total. The maximum atomic E-state index is 2.38. The molecular formula is C36H34Br3N3O2. The monoisotopic (exact) mass is 777 g/mol. The van der Waals surface area contributed by atoms with E-state index in [1.165, 1.54) is 49.4 Å². The number of para-hydroxylation sites is 3. The second kappa shape index (κ2) is 16.5. The summed E-state index contributed by atoms with van der Waals surface area (Å²) in [5.74, 6) is 0. The van der Waals surface area contributed by atoms with Gasteiger partial charge in [-0.3, -0.25) is 0 Å². The molecule has 4 aromatic carbocycles. The molecule has 7 aromatic rings. The van der Waals surface area contributed by atoms with Crippen LogP contribution in [0.15, 0.2) is 146 Å². The highest BCUT2D eigenvalue weighted by atomic mass is 79.9. The van der Waals surface area contributed by atoms with Crippen molar-refractivity contribution in [3.63, 3.8) is 0 Å². The third-order valence-corrected chi connectivity index (χ3v) is 7.54. The standard InChI is InChI=1S/C36H30N3.3BrH.2H2O/c1-4-16-34-31(10-1)13-7-19-37(34)25-28-22-29(26-38-20-8-14-32-11-2-5-17-35(32)38)24-30(23-28)27-39-21-9-15-33-12-3-6-18-36(33)39;;;;;/h1-24H,25-27H2;3*1H;2*1H2/q+3;;;;;/p-3. The van der Waals surface area contributed by atoms with Crippen LogP contribution in [0, 0.1) is 0 Å². The number of nitrogens with zero attached hydrogens (tertiary/aromatic N) is 3. The first-order chi connectivity index (χ1) is 19.3. The lowest BCUT2D eigenvalue weighted by atomic mass is 10.0. The summed E-state index contributed by atoms with van der Waals surface area (Å²) in [6.07, 6.45) is 6.56. The zero-order valence-corrected chi connectivity index (χ0v) is 28.7. The molecule has 44 heavy (non-hydrogen) atoms. The van der Waals surface area contributed by atoms with Crippen LogP contribution in [0.2, 0.25) is 0 Å². The molecule has 226 valence electrons. The van der Waals surface area contributed by atoms with E-state index in [4.69, 9.17) is 0 Å². The van der Waals surface area contributed by atoms with Crippen molar-refractivity contribution >= 4 is 32.7 Å². The molecule has 3 aromatic heterocycles. The largest absolute Gasteiger partial charge is 1.00 e. The van der Waals surface area contributed by atoms with Crippen molar-refractivity contribution in [2.45, 2.75) is 19.6 Å². The molecule has 0 aliphatic rings. The summed E-state index contributed by atoms with van der Waals surface area (Å²) in [5, 5.41) is 3.77. The maximum absolute atomic E-state index is 2.38. The summed E-state index contributed by atoms with van der Waals surface area (Å²) in [6.45, 7) is 2.47. The van der Waals surface area contributed by atoms with Crippen LogP contribution in [0.4, 0.5) is 0 Å². The van der Waals surface area contributed by atoms with Gasteiger partial charge in [-0.15, -0.1) is 0 Å². The van der Waals surface area contributed by atoms with Crippen LogP contribution in [-0.4, -0.2) is 11.0 Å². The van der Waals surface area contributed by atoms with Gasteiger partial charge in [0, 0.05) is 69.2 Å². The Labute approximate surface area is 289 Å². The topological polar surface area (TPSA) is 74.6 Å². The minimum atomic E-state index is 0. The minimum Gasteiger partial charge on any atom is -1.00 e. The Morgan fingerprint density at radius 3 is 0.886 bits per heavy atom. The average Bonchev–Trinajstić information content (AvgIpc) is 2.98. The van der Waals surface area contributed by atoms with E-state index in [2.05, 4.69) is 160 Å². The summed E-state index contributed by atoms with van der Waals surface area (Å²) in [6, 6.07) is 45.9. The predicted molar refractivity (Wildman–Crippen MR) is 163 cm³/mol. The number of aromatic nitrogens is 3. The molecule has 5 nitrogen and oxygen atoms in total. The molecule has 0 unspecified atom stereocenters. The van der Waals surface area contributed by atoms with E-state index in [0.717, 1.165) is 19.6 Å². The average molecular weight is 780 g/mol. The SMILES string of the molecule is O.O.[Br-].[Br-].[Br-].c1ccc2c(c1)ccc[n+]2Cc1cc(C[n+]2cccc3ccccc32)cc(C[n+]2cccc3ccccc32)c1. The van der Waals surface area contributed by atoms with Gasteiger partial charge in [0.05, 0.1) is 0 Å². The number of hydrogen-bond donors (Lipinski definition) is 0. The first-order valence-corrected chi connectivity index (χ1v) is 13.5. The fourth-order valence-corrected chi connectivity index (χ4v) is 5.78. The van der Waals surface area contributed by atoms with Gasteiger partial charge in [0.1, 0.15) is 0 Å². The Kier molecular flexibility index (Phi) is 13.8. The summed E-state index contributed by atoms with van der Waals surface area (Å²) >= 11 is 0. The van der Waals surface area contributed by atoms with Crippen molar-refractivity contribution in [3.05, 3.63) is 163 Å². The van der Waals surface area contributed by atoms with Gasteiger partial charge in [0.15, 0.2) is 38.2 Å². The van der Waals surface area contributed by atoms with Gasteiger partial charge in [0.2, 0.25) is 16.6 Å². The predicted octanol–water partition coefficient (Wildman–Crippen LogP) is -4.48. The van der Waals surface area contributed by atoms with E-state index in [0.29, 0.717) is 0 Å². The molecule has 7 rings (SSSR count). The van der Waals surface area contributed by atoms with Crippen molar-refractivity contribution < 1.29 is 75.6 Å². The molecule has 0 bridgehead atoms. The molecule has 0 fully saturated rings. The van der Waals surface area contributed by atoms with Crippen LogP contribution in [0.3, 0.4) is 0 Å². The summed E-state index contributed by atoms with van der Waals surface area (Å²) in [4.78, 5) is 0. The fourth-order valence-electron chi connectivity index (χ4n) is 5.78. The maximum Gasteiger partial charge on any atom is 0.212 e. The minimum absolute atomic E-state index is 0. The number of benzene rings is 4. The first kappa shape index (κ1) is 36.7. The van der Waals surface area contributed by atoms with E-state index < -0.39 is 0 Å². The number of pyridine rings is 3. The number of rotatable bonds is 6. The van der Waals surface area contributed by atoms with Gasteiger partial charge < -0.3 is 61.9 Å². The van der Waals surface area contributed by atoms with E-state index in [1.807, 2.05) is 0 Å². The summed E-state index contributed by atoms with van der Waals surface area (Å²) in [5.41, 5.74) is 7.68. The van der Waals surface area contributed by atoms with Crippen LogP contribution in [-0.2, 0) is 19.6 Å². The van der Waals surface area contributed by atoms with Crippen molar-refractivity contribution in [1.29, 1.82) is 0 Å². The Morgan fingerprint density at radius 1 is 0.341 bits per heavy atom. The second-order valence-corrected chi connectivity index (χ2v) is 10.2. The molecule has 0 amide bonds. The van der Waals surface area contributed by atoms with E-state index in [1.54, 1.807) is 0 Å². The normalized spacial score (nSPS) is 10.1. The molecule has 8 heteroatoms. The van der Waals surface area contributed by atoms with Crippen LogP contribution in [0.5, 0.6) is 0 Å². The van der Waals surface area contributed by atoms with Crippen molar-refractivity contribution in [2.75, 3.05) is 0 Å². The zero-order chi connectivity index (χ0) is 26.0. The number of halogens is 3. The molecule has 0 spiro atoms. The van der Waals surface area contributed by atoms with E-state index in [9.17, 15) is 0 Å². The molecule has 0 saturated carbocycles. The quantitative estimate of drug-likeness (QED) is 0.153. The number of hydrogen-bond acceptors (Lipinski definition) is 0. The zero-order valence-electron chi connectivity index (χ0n) is 24.0. The highest BCUT2D eigenvalue weighted by Crippen LogP contribution is 2.16. The van der Waals surface area contributed by atoms with Crippen LogP contribution < -0.4 is 64.6 Å².